The van der Waals surface area contributed by atoms with Gasteiger partial charge in [0.25, 0.3) is 0 Å². The van der Waals surface area contributed by atoms with E-state index in [0.29, 0.717) is 12.0 Å². The number of aliphatic hydroxyl groups is 1. The summed E-state index contributed by atoms with van der Waals surface area (Å²) in [6, 6.07) is 0. The zero-order valence-corrected chi connectivity index (χ0v) is 12.4. The Kier molecular flexibility index (Phi) is 6.07. The molecule has 3 N–H and O–H groups in total. The van der Waals surface area contributed by atoms with Crippen LogP contribution in [0.5, 0.6) is 0 Å². The third kappa shape index (κ3) is 7.38. The molecule has 0 aliphatic heterocycles. The highest BCUT2D eigenvalue weighted by molar-refractivity contribution is 5.67. The van der Waals surface area contributed by atoms with Crippen molar-refractivity contribution in [1.82, 2.24) is 10.6 Å². The van der Waals surface area contributed by atoms with E-state index in [9.17, 15) is 4.79 Å². The van der Waals surface area contributed by atoms with Gasteiger partial charge in [-0.05, 0) is 58.4 Å². The second-order valence-corrected chi connectivity index (χ2v) is 6.43. The Labute approximate surface area is 116 Å². The first-order valence-corrected chi connectivity index (χ1v) is 7.15. The van der Waals surface area contributed by atoms with Crippen molar-refractivity contribution in [1.29, 1.82) is 0 Å². The van der Waals surface area contributed by atoms with Gasteiger partial charge in [0.05, 0.1) is 0 Å². The number of carbonyl (C=O) groups excluding carboxylic acids is 1. The van der Waals surface area contributed by atoms with Crippen molar-refractivity contribution in [3.8, 4) is 0 Å². The summed E-state index contributed by atoms with van der Waals surface area (Å²) in [4.78, 5) is 11.4. The van der Waals surface area contributed by atoms with Gasteiger partial charge in [0.2, 0.25) is 0 Å². The second kappa shape index (κ2) is 7.10. The molecule has 19 heavy (non-hydrogen) atoms. The molecule has 0 aromatic rings. The van der Waals surface area contributed by atoms with Gasteiger partial charge in [0.1, 0.15) is 5.60 Å². The van der Waals surface area contributed by atoms with Crippen LogP contribution in [0.2, 0.25) is 0 Å². The standard InChI is InChI=1S/C14H28N2O3/c1-13(2,3)19-12(18)16-9-4-8-15-11-14(5-6-14)7-10-17/h15,17H,4-11H2,1-3H3,(H,16,18). The summed E-state index contributed by atoms with van der Waals surface area (Å²) >= 11 is 0. The van der Waals surface area contributed by atoms with Crippen LogP contribution >= 0.6 is 0 Å². The lowest BCUT2D eigenvalue weighted by Crippen LogP contribution is -2.34. The quantitative estimate of drug-likeness (QED) is 0.588. The van der Waals surface area contributed by atoms with Crippen molar-refractivity contribution in [2.24, 2.45) is 5.41 Å². The van der Waals surface area contributed by atoms with E-state index >= 15 is 0 Å². The molecule has 112 valence electrons. The number of nitrogens with one attached hydrogen (secondary N) is 2. The maximum absolute atomic E-state index is 11.4. The van der Waals surface area contributed by atoms with Crippen LogP contribution in [0.4, 0.5) is 4.79 Å². The Balaban J connectivity index is 1.95. The Morgan fingerprint density at radius 3 is 2.53 bits per heavy atom. The summed E-state index contributed by atoms with van der Waals surface area (Å²) in [6.07, 6.45) is 3.87. The van der Waals surface area contributed by atoms with Crippen LogP contribution in [0.3, 0.4) is 0 Å². The molecular formula is C14H28N2O3. The van der Waals surface area contributed by atoms with Crippen LogP contribution in [0.25, 0.3) is 0 Å². The van der Waals surface area contributed by atoms with Gasteiger partial charge in [0, 0.05) is 19.7 Å². The summed E-state index contributed by atoms with van der Waals surface area (Å²) in [7, 11) is 0. The largest absolute Gasteiger partial charge is 0.444 e. The molecular weight excluding hydrogens is 244 g/mol. The van der Waals surface area contributed by atoms with E-state index in [-0.39, 0.29) is 12.7 Å². The van der Waals surface area contributed by atoms with Crippen LogP contribution in [0, 0.1) is 5.41 Å². The topological polar surface area (TPSA) is 70.6 Å². The fourth-order valence-electron chi connectivity index (χ4n) is 2.00. The lowest BCUT2D eigenvalue weighted by atomic mass is 10.0. The van der Waals surface area contributed by atoms with Crippen LogP contribution in [-0.2, 0) is 4.74 Å². The first kappa shape index (κ1) is 16.2. The van der Waals surface area contributed by atoms with Gasteiger partial charge in [-0.1, -0.05) is 0 Å². The summed E-state index contributed by atoms with van der Waals surface area (Å²) in [5.41, 5.74) is -0.0850. The molecule has 1 rings (SSSR count). The molecule has 5 heteroatoms. The lowest BCUT2D eigenvalue weighted by Gasteiger charge is -2.19. The maximum Gasteiger partial charge on any atom is 0.407 e. The molecule has 0 aromatic heterocycles. The predicted octanol–water partition coefficient (Wildman–Crippen LogP) is 1.65. The monoisotopic (exact) mass is 272 g/mol. The SMILES string of the molecule is CC(C)(C)OC(=O)NCCCNCC1(CCO)CC1. The van der Waals surface area contributed by atoms with Gasteiger partial charge >= 0.3 is 6.09 Å². The summed E-state index contributed by atoms with van der Waals surface area (Å²) in [6.45, 7) is 8.30. The van der Waals surface area contributed by atoms with Gasteiger partial charge in [-0.15, -0.1) is 0 Å². The molecule has 0 spiro atoms. The fraction of sp³-hybridized carbons (Fsp3) is 0.929. The van der Waals surface area contributed by atoms with E-state index in [2.05, 4.69) is 10.6 Å². The second-order valence-electron chi connectivity index (χ2n) is 6.43. The van der Waals surface area contributed by atoms with Gasteiger partial charge < -0.3 is 20.5 Å². The Hall–Kier alpha value is -0.810. The molecule has 0 saturated heterocycles. The molecule has 0 heterocycles. The number of carbonyl (C=O) groups is 1. The smallest absolute Gasteiger partial charge is 0.407 e. The molecule has 1 aliphatic rings. The first-order valence-electron chi connectivity index (χ1n) is 7.15. The number of aliphatic hydroxyl groups excluding tert-OH is 1. The Bertz CT molecular complexity index is 283. The fourth-order valence-corrected chi connectivity index (χ4v) is 2.00. The normalized spacial score (nSPS) is 17.1. The van der Waals surface area contributed by atoms with Crippen molar-refractivity contribution in [3.63, 3.8) is 0 Å². The highest BCUT2D eigenvalue weighted by Gasteiger charge is 2.41. The van der Waals surface area contributed by atoms with Crippen LogP contribution in [0.15, 0.2) is 0 Å². The minimum atomic E-state index is -0.440. The van der Waals surface area contributed by atoms with Gasteiger partial charge in [-0.2, -0.15) is 0 Å². The van der Waals surface area contributed by atoms with Crippen molar-refractivity contribution in [2.45, 2.75) is 52.1 Å². The molecule has 0 bridgehead atoms. The van der Waals surface area contributed by atoms with Crippen molar-refractivity contribution < 1.29 is 14.6 Å². The number of rotatable bonds is 8. The number of ether oxygens (including phenoxy) is 1. The minimum absolute atomic E-state index is 0.280. The van der Waals surface area contributed by atoms with E-state index in [1.165, 1.54) is 12.8 Å². The zero-order valence-electron chi connectivity index (χ0n) is 12.4. The van der Waals surface area contributed by atoms with Crippen molar-refractivity contribution in [2.75, 3.05) is 26.2 Å². The van der Waals surface area contributed by atoms with Crippen LogP contribution in [-0.4, -0.2) is 43.0 Å². The molecule has 0 radical (unpaired) electrons. The molecule has 1 fully saturated rings. The third-order valence-corrected chi connectivity index (χ3v) is 3.30. The molecule has 1 aliphatic carbocycles. The highest BCUT2D eigenvalue weighted by Crippen LogP contribution is 2.47. The number of amides is 1. The van der Waals surface area contributed by atoms with E-state index in [1.807, 2.05) is 20.8 Å². The number of hydrogen-bond donors (Lipinski definition) is 3. The molecule has 0 atom stereocenters. The van der Waals surface area contributed by atoms with E-state index < -0.39 is 5.60 Å². The summed E-state index contributed by atoms with van der Waals surface area (Å²) < 4.78 is 5.14. The zero-order chi connectivity index (χ0) is 14.4. The highest BCUT2D eigenvalue weighted by atomic mass is 16.6. The van der Waals surface area contributed by atoms with Gasteiger partial charge in [0.15, 0.2) is 0 Å². The van der Waals surface area contributed by atoms with E-state index in [1.54, 1.807) is 0 Å². The third-order valence-electron chi connectivity index (χ3n) is 3.30. The minimum Gasteiger partial charge on any atom is -0.444 e. The lowest BCUT2D eigenvalue weighted by molar-refractivity contribution is 0.0527. The van der Waals surface area contributed by atoms with Crippen LogP contribution in [0.1, 0.15) is 46.5 Å². The van der Waals surface area contributed by atoms with Gasteiger partial charge in [-0.3, -0.25) is 0 Å². The Morgan fingerprint density at radius 2 is 2.00 bits per heavy atom. The van der Waals surface area contributed by atoms with Crippen molar-refractivity contribution in [3.05, 3.63) is 0 Å². The Morgan fingerprint density at radius 1 is 1.32 bits per heavy atom. The molecule has 0 unspecified atom stereocenters. The van der Waals surface area contributed by atoms with E-state index in [4.69, 9.17) is 9.84 Å². The summed E-state index contributed by atoms with van der Waals surface area (Å²) in [5.74, 6) is 0. The molecule has 1 saturated carbocycles. The van der Waals surface area contributed by atoms with E-state index in [0.717, 1.165) is 25.9 Å². The van der Waals surface area contributed by atoms with Crippen LogP contribution < -0.4 is 10.6 Å². The number of hydrogen-bond acceptors (Lipinski definition) is 4. The molecule has 1 amide bonds. The molecule has 0 aromatic carbocycles. The molecule has 5 nitrogen and oxygen atoms in total. The average Bonchev–Trinajstić information content (AvgIpc) is 3.01. The van der Waals surface area contributed by atoms with Crippen molar-refractivity contribution >= 4 is 6.09 Å². The summed E-state index contributed by atoms with van der Waals surface area (Å²) in [5, 5.41) is 15.1. The maximum atomic E-state index is 11.4. The van der Waals surface area contributed by atoms with Gasteiger partial charge in [-0.25, -0.2) is 4.79 Å². The number of alkyl carbamates (subject to hydrolysis) is 1. The predicted molar refractivity (Wildman–Crippen MR) is 75.1 cm³/mol. The first-order chi connectivity index (χ1) is 8.87. The average molecular weight is 272 g/mol.